The second-order valence-electron chi connectivity index (χ2n) is 4.50. The Labute approximate surface area is 116 Å². The molecule has 0 saturated heterocycles. The summed E-state index contributed by atoms with van der Waals surface area (Å²) in [4.78, 5) is 11.4. The molecule has 0 amide bonds. The van der Waals surface area contributed by atoms with E-state index in [9.17, 15) is 14.3 Å². The molecule has 0 aliphatic rings. The number of ether oxygens (including phenoxy) is 1. The molecule has 1 N–H and O–H groups in total. The maximum absolute atomic E-state index is 13.2. The predicted molar refractivity (Wildman–Crippen MR) is 73.5 cm³/mol. The lowest BCUT2D eigenvalue weighted by Gasteiger charge is -2.13. The van der Waals surface area contributed by atoms with Crippen molar-refractivity contribution in [3.63, 3.8) is 0 Å². The Balaban J connectivity index is 2.23. The second-order valence-corrected chi connectivity index (χ2v) is 4.50. The van der Waals surface area contributed by atoms with Gasteiger partial charge in [-0.25, -0.2) is 4.39 Å². The van der Waals surface area contributed by atoms with Gasteiger partial charge in [0, 0.05) is 0 Å². The quantitative estimate of drug-likeness (QED) is 0.910. The smallest absolute Gasteiger partial charge is 0.311 e. The van der Waals surface area contributed by atoms with E-state index in [1.54, 1.807) is 25.3 Å². The molecule has 0 bridgehead atoms. The fourth-order valence-electron chi connectivity index (χ4n) is 2.07. The van der Waals surface area contributed by atoms with E-state index in [0.717, 1.165) is 5.56 Å². The molecule has 0 heterocycles. The predicted octanol–water partition coefficient (Wildman–Crippen LogP) is 3.25. The van der Waals surface area contributed by atoms with E-state index in [1.165, 1.54) is 18.2 Å². The normalized spacial score (nSPS) is 11.9. The topological polar surface area (TPSA) is 46.5 Å². The third-order valence-electron chi connectivity index (χ3n) is 3.15. The Morgan fingerprint density at radius 2 is 1.95 bits per heavy atom. The zero-order chi connectivity index (χ0) is 14.5. The summed E-state index contributed by atoms with van der Waals surface area (Å²) >= 11 is 0. The number of rotatable bonds is 5. The summed E-state index contributed by atoms with van der Waals surface area (Å²) in [7, 11) is 1.57. The van der Waals surface area contributed by atoms with Gasteiger partial charge in [0.15, 0.2) is 0 Å². The van der Waals surface area contributed by atoms with Crippen LogP contribution >= 0.6 is 0 Å². The lowest BCUT2D eigenvalue weighted by atomic mass is 9.92. The van der Waals surface area contributed by atoms with Crippen molar-refractivity contribution in [1.82, 2.24) is 0 Å². The van der Waals surface area contributed by atoms with Crippen LogP contribution in [0, 0.1) is 5.82 Å². The Bertz CT molecular complexity index is 593. The molecule has 2 aromatic carbocycles. The molecule has 2 rings (SSSR count). The van der Waals surface area contributed by atoms with Gasteiger partial charge in [-0.15, -0.1) is 0 Å². The van der Waals surface area contributed by atoms with E-state index >= 15 is 0 Å². The van der Waals surface area contributed by atoms with Crippen LogP contribution in [0.1, 0.15) is 17.0 Å². The highest BCUT2D eigenvalue weighted by molar-refractivity contribution is 5.76. The Morgan fingerprint density at radius 1 is 1.25 bits per heavy atom. The number of halogens is 1. The van der Waals surface area contributed by atoms with Crippen LogP contribution in [-0.2, 0) is 11.2 Å². The molecule has 20 heavy (non-hydrogen) atoms. The number of aliphatic carboxylic acids is 1. The summed E-state index contributed by atoms with van der Waals surface area (Å²) < 4.78 is 18.3. The van der Waals surface area contributed by atoms with Gasteiger partial charge in [-0.1, -0.05) is 24.3 Å². The zero-order valence-electron chi connectivity index (χ0n) is 11.0. The third-order valence-corrected chi connectivity index (χ3v) is 3.15. The molecule has 0 radical (unpaired) electrons. The van der Waals surface area contributed by atoms with Gasteiger partial charge in [-0.3, -0.25) is 4.79 Å². The standard InChI is InChI=1S/C16H15FO3/c1-20-14-7-5-11(6-8-14)9-15(16(18)19)12-3-2-4-13(17)10-12/h2-8,10,15H,9H2,1H3,(H,18,19). The van der Waals surface area contributed by atoms with Gasteiger partial charge in [0.2, 0.25) is 0 Å². The fraction of sp³-hybridized carbons (Fsp3) is 0.188. The molecule has 1 atom stereocenters. The Hall–Kier alpha value is -2.36. The first-order valence-corrected chi connectivity index (χ1v) is 6.21. The summed E-state index contributed by atoms with van der Waals surface area (Å²) in [5.74, 6) is -1.44. The van der Waals surface area contributed by atoms with Gasteiger partial charge in [0.1, 0.15) is 11.6 Å². The molecule has 3 nitrogen and oxygen atoms in total. The fourth-order valence-corrected chi connectivity index (χ4v) is 2.07. The average Bonchev–Trinajstić information content (AvgIpc) is 2.45. The van der Waals surface area contributed by atoms with Crippen molar-refractivity contribution in [1.29, 1.82) is 0 Å². The number of hydrogen-bond acceptors (Lipinski definition) is 2. The number of carboxylic acid groups (broad SMARTS) is 1. The third kappa shape index (κ3) is 3.35. The minimum absolute atomic E-state index is 0.308. The van der Waals surface area contributed by atoms with Crippen LogP contribution in [0.5, 0.6) is 5.75 Å². The van der Waals surface area contributed by atoms with Crippen molar-refractivity contribution >= 4 is 5.97 Å². The highest BCUT2D eigenvalue weighted by atomic mass is 19.1. The lowest BCUT2D eigenvalue weighted by molar-refractivity contribution is -0.138. The summed E-state index contributed by atoms with van der Waals surface area (Å²) in [6, 6.07) is 12.9. The number of methoxy groups -OCH3 is 1. The first-order valence-electron chi connectivity index (χ1n) is 6.21. The molecule has 1 unspecified atom stereocenters. The van der Waals surface area contributed by atoms with E-state index in [2.05, 4.69) is 0 Å². The number of carbonyl (C=O) groups is 1. The minimum Gasteiger partial charge on any atom is -0.497 e. The molecular weight excluding hydrogens is 259 g/mol. The van der Waals surface area contributed by atoms with Gasteiger partial charge in [-0.05, 0) is 41.8 Å². The van der Waals surface area contributed by atoms with Crippen LogP contribution in [0.25, 0.3) is 0 Å². The Kier molecular flexibility index (Phi) is 4.35. The van der Waals surface area contributed by atoms with E-state index in [4.69, 9.17) is 4.74 Å². The molecular formula is C16H15FO3. The molecule has 0 saturated carbocycles. The number of carboxylic acids is 1. The zero-order valence-corrected chi connectivity index (χ0v) is 11.0. The molecule has 0 aliphatic carbocycles. The van der Waals surface area contributed by atoms with Crippen molar-refractivity contribution in [3.05, 3.63) is 65.5 Å². The molecule has 0 aliphatic heterocycles. The van der Waals surface area contributed by atoms with Crippen molar-refractivity contribution in [2.24, 2.45) is 0 Å². The van der Waals surface area contributed by atoms with Gasteiger partial charge in [0.05, 0.1) is 13.0 Å². The molecule has 0 spiro atoms. The van der Waals surface area contributed by atoms with Crippen LogP contribution in [0.3, 0.4) is 0 Å². The first-order chi connectivity index (χ1) is 9.60. The van der Waals surface area contributed by atoms with E-state index < -0.39 is 17.7 Å². The summed E-state index contributed by atoms with van der Waals surface area (Å²) in [5.41, 5.74) is 1.33. The maximum atomic E-state index is 13.2. The highest BCUT2D eigenvalue weighted by Crippen LogP contribution is 2.23. The monoisotopic (exact) mass is 274 g/mol. The van der Waals surface area contributed by atoms with Crippen molar-refractivity contribution in [2.75, 3.05) is 7.11 Å². The summed E-state index contributed by atoms with van der Waals surface area (Å²) in [5, 5.41) is 9.33. The summed E-state index contributed by atoms with van der Waals surface area (Å²) in [6.45, 7) is 0. The largest absolute Gasteiger partial charge is 0.497 e. The van der Waals surface area contributed by atoms with Crippen LogP contribution < -0.4 is 4.74 Å². The Morgan fingerprint density at radius 3 is 2.50 bits per heavy atom. The molecule has 0 fully saturated rings. The maximum Gasteiger partial charge on any atom is 0.311 e. The van der Waals surface area contributed by atoms with Crippen LogP contribution in [-0.4, -0.2) is 18.2 Å². The van der Waals surface area contributed by atoms with Gasteiger partial charge in [0.25, 0.3) is 0 Å². The van der Waals surface area contributed by atoms with Crippen LogP contribution in [0.15, 0.2) is 48.5 Å². The summed E-state index contributed by atoms with van der Waals surface area (Å²) in [6.07, 6.45) is 0.308. The van der Waals surface area contributed by atoms with Gasteiger partial charge < -0.3 is 9.84 Å². The second kappa shape index (κ2) is 6.19. The highest BCUT2D eigenvalue weighted by Gasteiger charge is 2.20. The van der Waals surface area contributed by atoms with Gasteiger partial charge in [-0.2, -0.15) is 0 Å². The van der Waals surface area contributed by atoms with E-state index in [-0.39, 0.29) is 0 Å². The van der Waals surface area contributed by atoms with Crippen molar-refractivity contribution in [2.45, 2.75) is 12.3 Å². The number of benzene rings is 2. The minimum atomic E-state index is -0.966. The molecule has 0 aromatic heterocycles. The van der Waals surface area contributed by atoms with E-state index in [0.29, 0.717) is 17.7 Å². The van der Waals surface area contributed by atoms with Crippen LogP contribution in [0.2, 0.25) is 0 Å². The molecule has 104 valence electrons. The van der Waals surface area contributed by atoms with Crippen LogP contribution in [0.4, 0.5) is 4.39 Å². The molecule has 4 heteroatoms. The van der Waals surface area contributed by atoms with Crippen molar-refractivity contribution in [3.8, 4) is 5.75 Å². The number of hydrogen-bond donors (Lipinski definition) is 1. The van der Waals surface area contributed by atoms with Gasteiger partial charge >= 0.3 is 5.97 Å². The molecule has 2 aromatic rings. The lowest BCUT2D eigenvalue weighted by Crippen LogP contribution is -2.14. The van der Waals surface area contributed by atoms with Crippen molar-refractivity contribution < 1.29 is 19.0 Å². The first kappa shape index (κ1) is 14.1. The van der Waals surface area contributed by atoms with E-state index in [1.807, 2.05) is 12.1 Å². The SMILES string of the molecule is COc1ccc(CC(C(=O)O)c2cccc(F)c2)cc1. The average molecular weight is 274 g/mol.